The number of anilines is 1. The Morgan fingerprint density at radius 2 is 2.19 bits per heavy atom. The highest BCUT2D eigenvalue weighted by Crippen LogP contribution is 2.15. The molecule has 1 aliphatic rings. The second-order valence-corrected chi connectivity index (χ2v) is 4.26. The molecule has 1 fully saturated rings. The number of likely N-dealkylation sites (tertiary alicyclic amines) is 1. The molecule has 1 aromatic rings. The van der Waals surface area contributed by atoms with Gasteiger partial charge in [0.15, 0.2) is 0 Å². The monoisotopic (exact) mass is 220 g/mol. The molecule has 16 heavy (non-hydrogen) atoms. The molecule has 0 amide bonds. The van der Waals surface area contributed by atoms with Crippen LogP contribution in [0.1, 0.15) is 25.3 Å². The normalized spacial score (nSPS) is 17.4. The van der Waals surface area contributed by atoms with Crippen molar-refractivity contribution < 1.29 is 0 Å². The summed E-state index contributed by atoms with van der Waals surface area (Å²) in [6.45, 7) is 7.43. The van der Waals surface area contributed by atoms with E-state index in [0.717, 1.165) is 12.5 Å². The summed E-state index contributed by atoms with van der Waals surface area (Å²) in [6.07, 6.45) is 8.52. The van der Waals surface area contributed by atoms with E-state index in [9.17, 15) is 0 Å². The van der Waals surface area contributed by atoms with Crippen molar-refractivity contribution in [1.82, 2.24) is 14.7 Å². The van der Waals surface area contributed by atoms with Crippen LogP contribution in [0.5, 0.6) is 0 Å². The first-order chi connectivity index (χ1) is 7.81. The van der Waals surface area contributed by atoms with E-state index in [1.54, 1.807) is 0 Å². The fourth-order valence-corrected chi connectivity index (χ4v) is 2.05. The van der Waals surface area contributed by atoms with Crippen LogP contribution in [0.2, 0.25) is 0 Å². The first-order valence-electron chi connectivity index (χ1n) is 5.94. The lowest BCUT2D eigenvalue weighted by Gasteiger charge is -2.16. The Bertz CT molecular complexity index is 361. The quantitative estimate of drug-likeness (QED) is 0.844. The molecule has 0 radical (unpaired) electrons. The molecule has 1 aliphatic heterocycles. The molecule has 0 unspecified atom stereocenters. The van der Waals surface area contributed by atoms with E-state index in [-0.39, 0.29) is 0 Å². The SMILES string of the molecule is C/C=C\n1ncc(C)c1NCN1CCCC1. The van der Waals surface area contributed by atoms with E-state index in [2.05, 4.69) is 22.2 Å². The highest BCUT2D eigenvalue weighted by molar-refractivity contribution is 5.48. The summed E-state index contributed by atoms with van der Waals surface area (Å²) in [4.78, 5) is 2.44. The second kappa shape index (κ2) is 5.16. The third-order valence-corrected chi connectivity index (χ3v) is 2.94. The van der Waals surface area contributed by atoms with Crippen molar-refractivity contribution >= 4 is 12.0 Å². The number of hydrogen-bond acceptors (Lipinski definition) is 3. The Hall–Kier alpha value is -1.29. The van der Waals surface area contributed by atoms with Gasteiger partial charge in [-0.15, -0.1) is 0 Å². The maximum Gasteiger partial charge on any atom is 0.132 e. The fraction of sp³-hybridized carbons (Fsp3) is 0.583. The smallest absolute Gasteiger partial charge is 0.132 e. The number of nitrogens with zero attached hydrogens (tertiary/aromatic N) is 3. The van der Waals surface area contributed by atoms with Crippen molar-refractivity contribution in [3.8, 4) is 0 Å². The average Bonchev–Trinajstić information content (AvgIpc) is 2.88. The van der Waals surface area contributed by atoms with Gasteiger partial charge in [0.05, 0.1) is 12.9 Å². The van der Waals surface area contributed by atoms with Gasteiger partial charge < -0.3 is 5.32 Å². The molecular weight excluding hydrogens is 200 g/mol. The molecule has 0 saturated carbocycles. The average molecular weight is 220 g/mol. The van der Waals surface area contributed by atoms with Crippen molar-refractivity contribution in [2.24, 2.45) is 0 Å². The Kier molecular flexibility index (Phi) is 3.62. The summed E-state index contributed by atoms with van der Waals surface area (Å²) in [7, 11) is 0. The highest BCUT2D eigenvalue weighted by Gasteiger charge is 2.12. The summed E-state index contributed by atoms with van der Waals surface area (Å²) < 4.78 is 1.89. The van der Waals surface area contributed by atoms with Gasteiger partial charge in [0.25, 0.3) is 0 Å². The number of aryl methyl sites for hydroxylation is 1. The predicted molar refractivity (Wildman–Crippen MR) is 67.3 cm³/mol. The molecule has 0 aliphatic carbocycles. The molecular formula is C12H20N4. The van der Waals surface area contributed by atoms with Gasteiger partial charge in [-0.3, -0.25) is 4.90 Å². The van der Waals surface area contributed by atoms with Gasteiger partial charge in [-0.05, 0) is 39.8 Å². The minimum absolute atomic E-state index is 0.921. The van der Waals surface area contributed by atoms with E-state index in [1.165, 1.54) is 31.5 Å². The van der Waals surface area contributed by atoms with Gasteiger partial charge in [0.1, 0.15) is 5.82 Å². The lowest BCUT2D eigenvalue weighted by atomic mass is 10.4. The molecule has 0 atom stereocenters. The van der Waals surface area contributed by atoms with Crippen molar-refractivity contribution in [3.05, 3.63) is 17.8 Å². The first-order valence-corrected chi connectivity index (χ1v) is 5.94. The van der Waals surface area contributed by atoms with E-state index >= 15 is 0 Å². The summed E-state index contributed by atoms with van der Waals surface area (Å²) in [5.74, 6) is 1.10. The molecule has 1 saturated heterocycles. The van der Waals surface area contributed by atoms with Gasteiger partial charge in [-0.25, -0.2) is 4.68 Å². The van der Waals surface area contributed by atoms with Crippen LogP contribution in [0.4, 0.5) is 5.82 Å². The molecule has 4 nitrogen and oxygen atoms in total. The van der Waals surface area contributed by atoms with Crippen LogP contribution in [0.25, 0.3) is 6.20 Å². The molecule has 0 aromatic carbocycles. The third-order valence-electron chi connectivity index (χ3n) is 2.94. The van der Waals surface area contributed by atoms with Crippen molar-refractivity contribution in [1.29, 1.82) is 0 Å². The summed E-state index contributed by atoms with van der Waals surface area (Å²) in [5, 5.41) is 7.76. The molecule has 2 rings (SSSR count). The fourth-order valence-electron chi connectivity index (χ4n) is 2.05. The molecule has 1 N–H and O–H groups in total. The van der Waals surface area contributed by atoms with Crippen molar-refractivity contribution in [2.75, 3.05) is 25.1 Å². The van der Waals surface area contributed by atoms with Crippen LogP contribution in [0.15, 0.2) is 12.3 Å². The van der Waals surface area contributed by atoms with Crippen LogP contribution < -0.4 is 5.32 Å². The second-order valence-electron chi connectivity index (χ2n) is 4.26. The Labute approximate surface area is 96.9 Å². The Morgan fingerprint density at radius 3 is 2.88 bits per heavy atom. The third kappa shape index (κ3) is 2.44. The lowest BCUT2D eigenvalue weighted by Crippen LogP contribution is -2.26. The zero-order valence-electron chi connectivity index (χ0n) is 10.1. The van der Waals surface area contributed by atoms with E-state index in [0.29, 0.717) is 0 Å². The number of aromatic nitrogens is 2. The highest BCUT2D eigenvalue weighted by atomic mass is 15.3. The van der Waals surface area contributed by atoms with Gasteiger partial charge in [-0.2, -0.15) is 5.10 Å². The van der Waals surface area contributed by atoms with Crippen LogP contribution in [0.3, 0.4) is 0 Å². The molecule has 0 spiro atoms. The van der Waals surface area contributed by atoms with Crippen LogP contribution in [-0.2, 0) is 0 Å². The number of nitrogens with one attached hydrogen (secondary N) is 1. The van der Waals surface area contributed by atoms with Gasteiger partial charge in [0.2, 0.25) is 0 Å². The maximum atomic E-state index is 4.30. The molecule has 2 heterocycles. The predicted octanol–water partition coefficient (Wildman–Crippen LogP) is 2.15. The Balaban J connectivity index is 1.99. The summed E-state index contributed by atoms with van der Waals surface area (Å²) in [6, 6.07) is 0. The van der Waals surface area contributed by atoms with Gasteiger partial charge >= 0.3 is 0 Å². The maximum absolute atomic E-state index is 4.30. The molecule has 88 valence electrons. The first kappa shape index (κ1) is 11.2. The van der Waals surface area contributed by atoms with Crippen LogP contribution in [0, 0.1) is 6.92 Å². The van der Waals surface area contributed by atoms with Crippen molar-refractivity contribution in [3.63, 3.8) is 0 Å². The summed E-state index contributed by atoms with van der Waals surface area (Å²) >= 11 is 0. The minimum Gasteiger partial charge on any atom is -0.357 e. The summed E-state index contributed by atoms with van der Waals surface area (Å²) in [5.41, 5.74) is 1.19. The van der Waals surface area contributed by atoms with E-state index in [1.807, 2.05) is 30.1 Å². The topological polar surface area (TPSA) is 33.1 Å². The van der Waals surface area contributed by atoms with Crippen LogP contribution >= 0.6 is 0 Å². The zero-order chi connectivity index (χ0) is 11.4. The van der Waals surface area contributed by atoms with E-state index in [4.69, 9.17) is 0 Å². The minimum atomic E-state index is 0.921. The lowest BCUT2D eigenvalue weighted by molar-refractivity contribution is 0.363. The number of allylic oxidation sites excluding steroid dienone is 1. The molecule has 1 aromatic heterocycles. The number of rotatable bonds is 4. The molecule has 0 bridgehead atoms. The van der Waals surface area contributed by atoms with Gasteiger partial charge in [-0.1, -0.05) is 6.08 Å². The Morgan fingerprint density at radius 1 is 1.44 bits per heavy atom. The molecule has 4 heteroatoms. The van der Waals surface area contributed by atoms with E-state index < -0.39 is 0 Å². The van der Waals surface area contributed by atoms with Crippen LogP contribution in [-0.4, -0.2) is 34.4 Å². The van der Waals surface area contributed by atoms with Gasteiger partial charge in [0, 0.05) is 11.8 Å². The number of hydrogen-bond donors (Lipinski definition) is 1. The largest absolute Gasteiger partial charge is 0.357 e. The zero-order valence-corrected chi connectivity index (χ0v) is 10.1. The standard InChI is InChI=1S/C12H20N4/c1-3-6-16-12(11(2)9-14-16)13-10-15-7-4-5-8-15/h3,6,9,13H,4-5,7-8,10H2,1-2H3/b6-3-. The van der Waals surface area contributed by atoms with Crippen molar-refractivity contribution in [2.45, 2.75) is 26.7 Å².